The van der Waals surface area contributed by atoms with E-state index in [0.29, 0.717) is 19.6 Å². The molecule has 1 aromatic rings. The molecule has 0 N–H and O–H groups in total. The first-order valence-corrected chi connectivity index (χ1v) is 9.01. The minimum absolute atomic E-state index is 0.0348. The minimum Gasteiger partial charge on any atom is -0.494 e. The van der Waals surface area contributed by atoms with Gasteiger partial charge in [0, 0.05) is 31.7 Å². The molecule has 0 saturated carbocycles. The highest BCUT2D eigenvalue weighted by atomic mass is 16.5. The second kappa shape index (κ2) is 7.69. The van der Waals surface area contributed by atoms with Crippen LogP contribution in [0.5, 0.6) is 5.75 Å². The average molecular weight is 330 g/mol. The molecule has 5 nitrogen and oxygen atoms in total. The van der Waals surface area contributed by atoms with Gasteiger partial charge in [0.15, 0.2) is 0 Å². The zero-order chi connectivity index (χ0) is 16.9. The van der Waals surface area contributed by atoms with Crippen LogP contribution in [0.25, 0.3) is 0 Å². The molecule has 1 aromatic carbocycles. The Labute approximate surface area is 143 Å². The van der Waals surface area contributed by atoms with E-state index >= 15 is 0 Å². The first-order valence-electron chi connectivity index (χ1n) is 9.01. The lowest BCUT2D eigenvalue weighted by Gasteiger charge is -2.29. The van der Waals surface area contributed by atoms with Crippen molar-refractivity contribution in [2.75, 3.05) is 31.1 Å². The number of anilines is 1. The Kier molecular flexibility index (Phi) is 5.38. The van der Waals surface area contributed by atoms with E-state index in [9.17, 15) is 9.59 Å². The molecule has 2 aliphatic rings. The van der Waals surface area contributed by atoms with E-state index in [1.165, 1.54) is 6.42 Å². The molecule has 0 unspecified atom stereocenters. The Hall–Kier alpha value is -2.04. The zero-order valence-electron chi connectivity index (χ0n) is 14.4. The molecule has 3 rings (SSSR count). The predicted molar refractivity (Wildman–Crippen MR) is 93.1 cm³/mol. The van der Waals surface area contributed by atoms with Gasteiger partial charge in [0.2, 0.25) is 11.8 Å². The summed E-state index contributed by atoms with van der Waals surface area (Å²) in [5.41, 5.74) is 0.845. The fourth-order valence-corrected chi connectivity index (χ4v) is 3.44. The maximum atomic E-state index is 12.6. The van der Waals surface area contributed by atoms with Gasteiger partial charge in [-0.1, -0.05) is 6.92 Å². The minimum atomic E-state index is -0.202. The lowest BCUT2D eigenvalue weighted by atomic mass is 10.0. The van der Waals surface area contributed by atoms with Crippen molar-refractivity contribution in [1.82, 2.24) is 4.90 Å². The molecule has 0 spiro atoms. The van der Waals surface area contributed by atoms with Crippen molar-refractivity contribution < 1.29 is 14.3 Å². The van der Waals surface area contributed by atoms with Gasteiger partial charge in [0.25, 0.3) is 0 Å². The molecular formula is C19H26N2O3. The number of hydrogen-bond acceptors (Lipinski definition) is 3. The zero-order valence-corrected chi connectivity index (χ0v) is 14.4. The lowest BCUT2D eigenvalue weighted by Crippen LogP contribution is -2.40. The first-order chi connectivity index (χ1) is 11.7. The third-order valence-corrected chi connectivity index (χ3v) is 4.76. The third kappa shape index (κ3) is 3.71. The molecule has 0 bridgehead atoms. The highest BCUT2D eigenvalue weighted by molar-refractivity contribution is 6.00. The maximum Gasteiger partial charge on any atom is 0.228 e. The number of carbonyl (C=O) groups is 2. The standard InChI is InChI=1S/C19H26N2O3/c1-2-12-24-17-8-6-16(7-9-17)21-14-15(13-18(21)22)19(23)20-10-4-3-5-11-20/h6-9,15H,2-5,10-14H2,1H3/t15-/m0/s1. The first kappa shape index (κ1) is 16.8. The molecule has 1 atom stereocenters. The number of carbonyl (C=O) groups excluding carboxylic acids is 2. The largest absolute Gasteiger partial charge is 0.494 e. The molecule has 0 radical (unpaired) electrons. The second-order valence-corrected chi connectivity index (χ2v) is 6.63. The molecule has 2 aliphatic heterocycles. The van der Waals surface area contributed by atoms with Gasteiger partial charge in [-0.2, -0.15) is 0 Å². The van der Waals surface area contributed by atoms with Crippen molar-refractivity contribution in [2.24, 2.45) is 5.92 Å². The molecule has 2 heterocycles. The number of rotatable bonds is 5. The van der Waals surface area contributed by atoms with E-state index in [2.05, 4.69) is 6.92 Å². The number of ether oxygens (including phenoxy) is 1. The van der Waals surface area contributed by atoms with Crippen molar-refractivity contribution in [3.8, 4) is 5.75 Å². The quantitative estimate of drug-likeness (QED) is 0.834. The van der Waals surface area contributed by atoms with Crippen LogP contribution in [0.3, 0.4) is 0 Å². The molecule has 0 aliphatic carbocycles. The molecular weight excluding hydrogens is 304 g/mol. The molecule has 130 valence electrons. The van der Waals surface area contributed by atoms with Crippen LogP contribution in [0.2, 0.25) is 0 Å². The van der Waals surface area contributed by atoms with Crippen LogP contribution in [-0.4, -0.2) is 43.0 Å². The Bertz CT molecular complexity index is 579. The van der Waals surface area contributed by atoms with Crippen molar-refractivity contribution in [1.29, 1.82) is 0 Å². The number of piperidine rings is 1. The van der Waals surface area contributed by atoms with Gasteiger partial charge in [-0.3, -0.25) is 9.59 Å². The summed E-state index contributed by atoms with van der Waals surface area (Å²) in [4.78, 5) is 28.6. The molecule has 24 heavy (non-hydrogen) atoms. The van der Waals surface area contributed by atoms with Gasteiger partial charge in [-0.15, -0.1) is 0 Å². The van der Waals surface area contributed by atoms with E-state index < -0.39 is 0 Å². The summed E-state index contributed by atoms with van der Waals surface area (Å²) in [5.74, 6) is 0.792. The maximum absolute atomic E-state index is 12.6. The molecule has 2 saturated heterocycles. The van der Waals surface area contributed by atoms with Crippen molar-refractivity contribution in [3.63, 3.8) is 0 Å². The van der Waals surface area contributed by atoms with Gasteiger partial charge in [0.1, 0.15) is 5.75 Å². The van der Waals surface area contributed by atoms with E-state index in [-0.39, 0.29) is 17.7 Å². The van der Waals surface area contributed by atoms with E-state index in [0.717, 1.165) is 43.8 Å². The van der Waals surface area contributed by atoms with Crippen LogP contribution in [0.1, 0.15) is 39.0 Å². The summed E-state index contributed by atoms with van der Waals surface area (Å²) in [7, 11) is 0. The SMILES string of the molecule is CCCOc1ccc(N2C[C@@H](C(=O)N3CCCCC3)CC2=O)cc1. The average Bonchev–Trinajstić information content (AvgIpc) is 3.02. The summed E-state index contributed by atoms with van der Waals surface area (Å²) in [6.07, 6.45) is 4.65. The predicted octanol–water partition coefficient (Wildman–Crippen LogP) is 2.84. The van der Waals surface area contributed by atoms with E-state index in [1.54, 1.807) is 4.90 Å². The van der Waals surface area contributed by atoms with Crippen molar-refractivity contribution in [3.05, 3.63) is 24.3 Å². The Morgan fingerprint density at radius 3 is 2.54 bits per heavy atom. The monoisotopic (exact) mass is 330 g/mol. The molecule has 2 amide bonds. The van der Waals surface area contributed by atoms with Crippen LogP contribution < -0.4 is 9.64 Å². The number of benzene rings is 1. The summed E-state index contributed by atoms with van der Waals surface area (Å²) >= 11 is 0. The highest BCUT2D eigenvalue weighted by Crippen LogP contribution is 2.28. The normalized spacial score (nSPS) is 21.2. The third-order valence-electron chi connectivity index (χ3n) is 4.76. The van der Waals surface area contributed by atoms with E-state index in [1.807, 2.05) is 29.2 Å². The summed E-state index contributed by atoms with van der Waals surface area (Å²) in [6, 6.07) is 7.57. The van der Waals surface area contributed by atoms with Crippen LogP contribution in [0.15, 0.2) is 24.3 Å². The molecule has 2 fully saturated rings. The van der Waals surface area contributed by atoms with E-state index in [4.69, 9.17) is 4.74 Å². The van der Waals surface area contributed by atoms with Crippen LogP contribution in [-0.2, 0) is 9.59 Å². The van der Waals surface area contributed by atoms with Crippen molar-refractivity contribution in [2.45, 2.75) is 39.0 Å². The topological polar surface area (TPSA) is 49.9 Å². The van der Waals surface area contributed by atoms with Gasteiger partial charge >= 0.3 is 0 Å². The van der Waals surface area contributed by atoms with Gasteiger partial charge in [0.05, 0.1) is 12.5 Å². The van der Waals surface area contributed by atoms with Crippen LogP contribution in [0, 0.1) is 5.92 Å². The Morgan fingerprint density at radius 1 is 1.17 bits per heavy atom. The van der Waals surface area contributed by atoms with Crippen LogP contribution in [0.4, 0.5) is 5.69 Å². The van der Waals surface area contributed by atoms with Crippen LogP contribution >= 0.6 is 0 Å². The fourth-order valence-electron chi connectivity index (χ4n) is 3.44. The van der Waals surface area contributed by atoms with Crippen molar-refractivity contribution >= 4 is 17.5 Å². The summed E-state index contributed by atoms with van der Waals surface area (Å²) in [5, 5.41) is 0. The fraction of sp³-hybridized carbons (Fsp3) is 0.579. The number of hydrogen-bond donors (Lipinski definition) is 0. The Balaban J connectivity index is 1.62. The van der Waals surface area contributed by atoms with Gasteiger partial charge in [-0.05, 0) is 49.9 Å². The highest BCUT2D eigenvalue weighted by Gasteiger charge is 2.37. The smallest absolute Gasteiger partial charge is 0.228 e. The number of likely N-dealkylation sites (tertiary alicyclic amines) is 1. The number of nitrogens with zero attached hydrogens (tertiary/aromatic N) is 2. The Morgan fingerprint density at radius 2 is 1.88 bits per heavy atom. The summed E-state index contributed by atoms with van der Waals surface area (Å²) in [6.45, 7) is 4.93. The lowest BCUT2D eigenvalue weighted by molar-refractivity contribution is -0.136. The molecule has 5 heteroatoms. The van der Waals surface area contributed by atoms with Gasteiger partial charge < -0.3 is 14.5 Å². The van der Waals surface area contributed by atoms with Gasteiger partial charge in [-0.25, -0.2) is 0 Å². The second-order valence-electron chi connectivity index (χ2n) is 6.63. The summed E-state index contributed by atoms with van der Waals surface area (Å²) < 4.78 is 5.57. The molecule has 0 aromatic heterocycles. The number of amides is 2.